The van der Waals surface area contributed by atoms with Crippen molar-refractivity contribution in [3.05, 3.63) is 18.0 Å². The SMILES string of the molecule is c1nocc1C1CO1. The molecule has 1 aromatic heterocycles. The third kappa shape index (κ3) is 0.518. The van der Waals surface area contributed by atoms with Crippen LogP contribution in [0.2, 0.25) is 0 Å². The largest absolute Gasteiger partial charge is 0.368 e. The Morgan fingerprint density at radius 2 is 2.62 bits per heavy atom. The average Bonchev–Trinajstić information content (AvgIpc) is 2.49. The van der Waals surface area contributed by atoms with Crippen molar-refractivity contribution in [3.8, 4) is 0 Å². The Hall–Kier alpha value is -0.830. The van der Waals surface area contributed by atoms with Gasteiger partial charge in [0.25, 0.3) is 0 Å². The van der Waals surface area contributed by atoms with Crippen molar-refractivity contribution in [2.24, 2.45) is 0 Å². The molecule has 1 fully saturated rings. The summed E-state index contributed by atoms with van der Waals surface area (Å²) in [7, 11) is 0. The number of hydrogen-bond acceptors (Lipinski definition) is 3. The molecule has 0 aromatic carbocycles. The van der Waals surface area contributed by atoms with Crippen LogP contribution in [-0.2, 0) is 4.74 Å². The van der Waals surface area contributed by atoms with Crippen LogP contribution in [0.5, 0.6) is 0 Å². The fraction of sp³-hybridized carbons (Fsp3) is 0.400. The molecule has 2 rings (SSSR count). The lowest BCUT2D eigenvalue weighted by molar-refractivity contribution is 0.404. The molecular formula is C5H5NO2. The van der Waals surface area contributed by atoms with Crippen LogP contribution >= 0.6 is 0 Å². The zero-order chi connectivity index (χ0) is 5.40. The van der Waals surface area contributed by atoms with E-state index in [1.807, 2.05) is 0 Å². The molecule has 3 heteroatoms. The minimum Gasteiger partial charge on any atom is -0.368 e. The lowest BCUT2D eigenvalue weighted by atomic mass is 10.3. The van der Waals surface area contributed by atoms with Crippen LogP contribution in [0.3, 0.4) is 0 Å². The second-order valence-corrected chi connectivity index (χ2v) is 1.78. The van der Waals surface area contributed by atoms with Gasteiger partial charge < -0.3 is 9.26 Å². The summed E-state index contributed by atoms with van der Waals surface area (Å²) in [5.41, 5.74) is 1.05. The summed E-state index contributed by atoms with van der Waals surface area (Å²) in [5, 5.41) is 3.53. The third-order valence-corrected chi connectivity index (χ3v) is 1.16. The van der Waals surface area contributed by atoms with Gasteiger partial charge in [0.05, 0.1) is 12.8 Å². The molecule has 3 nitrogen and oxygen atoms in total. The predicted molar refractivity (Wildman–Crippen MR) is 25.2 cm³/mol. The van der Waals surface area contributed by atoms with Gasteiger partial charge in [-0.2, -0.15) is 0 Å². The van der Waals surface area contributed by atoms with Crippen molar-refractivity contribution in [2.75, 3.05) is 6.61 Å². The highest BCUT2D eigenvalue weighted by Gasteiger charge is 2.25. The molecule has 8 heavy (non-hydrogen) atoms. The number of epoxide rings is 1. The number of hydrogen-bond donors (Lipinski definition) is 0. The summed E-state index contributed by atoms with van der Waals surface area (Å²) < 4.78 is 9.54. The quantitative estimate of drug-likeness (QED) is 0.502. The fourth-order valence-electron chi connectivity index (χ4n) is 0.613. The molecule has 1 aliphatic rings. The predicted octanol–water partition coefficient (Wildman–Crippen LogP) is 0.746. The maximum Gasteiger partial charge on any atom is 0.129 e. The Morgan fingerprint density at radius 3 is 3.12 bits per heavy atom. The number of rotatable bonds is 1. The normalized spacial score (nSPS) is 25.8. The Labute approximate surface area is 46.2 Å². The van der Waals surface area contributed by atoms with Crippen LogP contribution in [0, 0.1) is 0 Å². The molecule has 1 saturated heterocycles. The molecule has 0 bridgehead atoms. The van der Waals surface area contributed by atoms with Gasteiger partial charge in [0.2, 0.25) is 0 Å². The summed E-state index contributed by atoms with van der Waals surface area (Å²) in [6.45, 7) is 0.821. The van der Waals surface area contributed by atoms with Crippen LogP contribution in [0.4, 0.5) is 0 Å². The first kappa shape index (κ1) is 4.09. The monoisotopic (exact) mass is 111 g/mol. The zero-order valence-corrected chi connectivity index (χ0v) is 4.20. The van der Waals surface area contributed by atoms with Gasteiger partial charge in [-0.25, -0.2) is 0 Å². The number of nitrogens with zero attached hydrogens (tertiary/aromatic N) is 1. The Balaban J connectivity index is 2.28. The lowest BCUT2D eigenvalue weighted by Gasteiger charge is -1.75. The van der Waals surface area contributed by atoms with Crippen molar-refractivity contribution in [1.82, 2.24) is 5.16 Å². The van der Waals surface area contributed by atoms with Crippen molar-refractivity contribution in [1.29, 1.82) is 0 Å². The van der Waals surface area contributed by atoms with Gasteiger partial charge in [0.1, 0.15) is 12.4 Å². The highest BCUT2D eigenvalue weighted by molar-refractivity contribution is 5.09. The maximum absolute atomic E-state index is 4.95. The number of ether oxygens (including phenoxy) is 1. The number of aromatic nitrogens is 1. The summed E-state index contributed by atoms with van der Waals surface area (Å²) >= 11 is 0. The Kier molecular flexibility index (Phi) is 0.676. The zero-order valence-electron chi connectivity index (χ0n) is 4.20. The van der Waals surface area contributed by atoms with E-state index < -0.39 is 0 Å². The highest BCUT2D eigenvalue weighted by Crippen LogP contribution is 2.28. The molecule has 2 heterocycles. The van der Waals surface area contributed by atoms with E-state index in [1.54, 1.807) is 12.5 Å². The van der Waals surface area contributed by atoms with E-state index in [-0.39, 0.29) is 6.10 Å². The first-order valence-corrected chi connectivity index (χ1v) is 2.48. The summed E-state index contributed by atoms with van der Waals surface area (Å²) in [6, 6.07) is 0. The molecule has 42 valence electrons. The van der Waals surface area contributed by atoms with Gasteiger partial charge in [0, 0.05) is 5.56 Å². The molecule has 0 radical (unpaired) electrons. The van der Waals surface area contributed by atoms with Gasteiger partial charge >= 0.3 is 0 Å². The van der Waals surface area contributed by atoms with E-state index in [9.17, 15) is 0 Å². The molecule has 1 unspecified atom stereocenters. The molecule has 0 aliphatic carbocycles. The van der Waals surface area contributed by atoms with Crippen molar-refractivity contribution < 1.29 is 9.26 Å². The van der Waals surface area contributed by atoms with E-state index in [4.69, 9.17) is 4.74 Å². The third-order valence-electron chi connectivity index (χ3n) is 1.16. The summed E-state index contributed by atoms with van der Waals surface area (Å²) in [6.07, 6.45) is 3.57. The van der Waals surface area contributed by atoms with Gasteiger partial charge in [0.15, 0.2) is 0 Å². The van der Waals surface area contributed by atoms with Crippen molar-refractivity contribution in [2.45, 2.75) is 6.10 Å². The lowest BCUT2D eigenvalue weighted by Crippen LogP contribution is -1.69. The topological polar surface area (TPSA) is 38.6 Å². The minimum absolute atomic E-state index is 0.279. The van der Waals surface area contributed by atoms with Gasteiger partial charge in [-0.05, 0) is 0 Å². The average molecular weight is 111 g/mol. The highest BCUT2D eigenvalue weighted by atomic mass is 16.6. The molecule has 0 saturated carbocycles. The van der Waals surface area contributed by atoms with Crippen LogP contribution in [0.15, 0.2) is 17.0 Å². The minimum atomic E-state index is 0.279. The molecule has 0 spiro atoms. The van der Waals surface area contributed by atoms with Gasteiger partial charge in [-0.3, -0.25) is 0 Å². The van der Waals surface area contributed by atoms with E-state index in [1.165, 1.54) is 0 Å². The van der Waals surface area contributed by atoms with Gasteiger partial charge in [-0.15, -0.1) is 0 Å². The van der Waals surface area contributed by atoms with Crippen LogP contribution in [-0.4, -0.2) is 11.8 Å². The van der Waals surface area contributed by atoms with Crippen molar-refractivity contribution in [3.63, 3.8) is 0 Å². The second kappa shape index (κ2) is 1.32. The van der Waals surface area contributed by atoms with Crippen LogP contribution < -0.4 is 0 Å². The Bertz CT molecular complexity index is 167. The van der Waals surface area contributed by atoms with E-state index in [0.29, 0.717) is 0 Å². The molecule has 1 aliphatic heterocycles. The van der Waals surface area contributed by atoms with Crippen LogP contribution in [0.1, 0.15) is 11.7 Å². The first-order chi connectivity index (χ1) is 3.97. The standard InChI is InChI=1S/C5H5NO2/c1-4(2-8-6-1)5-3-7-5/h1-2,5H,3H2. The summed E-state index contributed by atoms with van der Waals surface area (Å²) in [5.74, 6) is 0. The second-order valence-electron chi connectivity index (χ2n) is 1.78. The molecule has 0 amide bonds. The molecular weight excluding hydrogens is 106 g/mol. The van der Waals surface area contributed by atoms with Crippen molar-refractivity contribution >= 4 is 0 Å². The molecule has 1 aromatic rings. The molecule has 1 atom stereocenters. The maximum atomic E-state index is 4.95. The van der Waals surface area contributed by atoms with E-state index in [2.05, 4.69) is 9.68 Å². The van der Waals surface area contributed by atoms with Crippen LogP contribution in [0.25, 0.3) is 0 Å². The smallest absolute Gasteiger partial charge is 0.129 e. The fourth-order valence-corrected chi connectivity index (χ4v) is 0.613. The summed E-state index contributed by atoms with van der Waals surface area (Å²) in [4.78, 5) is 0. The first-order valence-electron chi connectivity index (χ1n) is 2.48. The Morgan fingerprint density at radius 1 is 1.75 bits per heavy atom. The van der Waals surface area contributed by atoms with E-state index >= 15 is 0 Å². The van der Waals surface area contributed by atoms with E-state index in [0.717, 1.165) is 12.2 Å². The van der Waals surface area contributed by atoms with Gasteiger partial charge in [-0.1, -0.05) is 5.16 Å². The molecule has 0 N–H and O–H groups in total.